The number of hydrogen-bond donors (Lipinski definition) is 3. The molecule has 3 saturated heterocycles. The number of fused-ring (bicyclic) bond motifs is 1. The third-order valence-electron chi connectivity index (χ3n) is 7.44. The third kappa shape index (κ3) is 4.91. The van der Waals surface area contributed by atoms with Gasteiger partial charge in [-0.3, -0.25) is 38.0 Å². The first-order chi connectivity index (χ1) is 18.8. The third-order valence-corrected chi connectivity index (χ3v) is 9.67. The van der Waals surface area contributed by atoms with E-state index in [1.54, 1.807) is 25.1 Å². The normalized spacial score (nSPS) is 27.1. The number of aliphatic carboxylic acids is 1. The van der Waals surface area contributed by atoms with Crippen LogP contribution in [0.3, 0.4) is 0 Å². The first-order valence-electron chi connectivity index (χ1n) is 12.3. The van der Waals surface area contributed by atoms with Crippen LogP contribution < -0.4 is 50.6 Å². The second-order valence-electron chi connectivity index (χ2n) is 9.79. The molecule has 0 aliphatic carbocycles. The van der Waals surface area contributed by atoms with Crippen molar-refractivity contribution >= 4 is 52.8 Å². The van der Waals surface area contributed by atoms with Gasteiger partial charge in [-0.25, -0.2) is 4.79 Å². The maximum Gasteiger partial charge on any atom is 1.00 e. The van der Waals surface area contributed by atoms with E-state index in [-0.39, 0.29) is 61.2 Å². The molecule has 0 saturated carbocycles. The minimum atomic E-state index is -2.63. The number of hydrogen-bond acceptors (Lipinski definition) is 9. The fraction of sp³-hybridized carbons (Fsp3) is 0.458. The van der Waals surface area contributed by atoms with Crippen molar-refractivity contribution in [3.63, 3.8) is 0 Å². The van der Waals surface area contributed by atoms with Gasteiger partial charge < -0.3 is 30.8 Å². The molecular weight excluding hydrogens is 571 g/mol. The first kappa shape index (κ1) is 32.2. The van der Waals surface area contributed by atoms with Gasteiger partial charge in [0.25, 0.3) is 5.91 Å². The van der Waals surface area contributed by atoms with Crippen molar-refractivity contribution < 1.29 is 72.4 Å². The summed E-state index contributed by atoms with van der Waals surface area (Å²) in [5.41, 5.74) is -2.45. The van der Waals surface area contributed by atoms with E-state index in [4.69, 9.17) is 0 Å². The second kappa shape index (κ2) is 11.9. The Balaban J connectivity index is 0.00000462. The van der Waals surface area contributed by atoms with Crippen LogP contribution in [0.5, 0.6) is 0 Å². The number of carboxylic acids is 1. The SMILES string of the molecule is CCN1CCN(C(=O)NC(C(=O)N[C@@]2(C(=O)[O-])N3C(=O)[C@H](NC=O)[C@H]3S(=O)C2(C)C)c2ccccc2)C(=O)C1=O.[Na+]. The van der Waals surface area contributed by atoms with Crippen LogP contribution in [0.1, 0.15) is 32.4 Å². The average molecular weight is 599 g/mol. The number of β-lactam (4-membered cyclic amide) rings is 1. The van der Waals surface area contributed by atoms with Crippen LogP contribution in [0, 0.1) is 0 Å². The Bertz CT molecular complexity index is 1330. The van der Waals surface area contributed by atoms with Gasteiger partial charge in [-0.2, -0.15) is 0 Å². The summed E-state index contributed by atoms with van der Waals surface area (Å²) in [6, 6.07) is 3.67. The Morgan fingerprint density at radius 1 is 1.12 bits per heavy atom. The fourth-order valence-electron chi connectivity index (χ4n) is 5.18. The largest absolute Gasteiger partial charge is 1.00 e. The Morgan fingerprint density at radius 2 is 1.76 bits per heavy atom. The topological polar surface area (TPSA) is 205 Å². The number of carbonyl (C=O) groups excluding carboxylic acids is 7. The van der Waals surface area contributed by atoms with Gasteiger partial charge in [-0.05, 0) is 26.3 Å². The van der Waals surface area contributed by atoms with Gasteiger partial charge in [-0.1, -0.05) is 30.3 Å². The van der Waals surface area contributed by atoms with E-state index in [1.165, 1.54) is 30.9 Å². The van der Waals surface area contributed by atoms with Gasteiger partial charge in [0, 0.05) is 19.6 Å². The van der Waals surface area contributed by atoms with Crippen molar-refractivity contribution in [3.05, 3.63) is 35.9 Å². The number of likely N-dealkylation sites (N-methyl/N-ethyl adjacent to an activating group) is 1. The fourth-order valence-corrected chi connectivity index (χ4v) is 7.20. The van der Waals surface area contributed by atoms with Crippen molar-refractivity contribution in [2.75, 3.05) is 19.6 Å². The van der Waals surface area contributed by atoms with E-state index in [2.05, 4.69) is 16.0 Å². The molecule has 41 heavy (non-hydrogen) atoms. The van der Waals surface area contributed by atoms with E-state index in [9.17, 15) is 42.9 Å². The molecule has 7 amide bonds. The van der Waals surface area contributed by atoms with Crippen molar-refractivity contribution in [1.82, 2.24) is 30.7 Å². The standard InChI is InChI=1S/C24H28N6O9S.Na/c1-4-28-10-11-29(19(35)18(28)34)22(38)26-14(13-8-6-5-7-9-13)16(32)27-24(21(36)37)23(2,3)40(39)20-15(25-12-31)17(33)30(20)24;/h5-9,12,14-15,20H,4,10-11H2,1-3H3,(H,25,31)(H,26,38)(H,27,32)(H,36,37);/q;+1/p-1/t14?,15-,20+,24-,40?;/m0./s1. The summed E-state index contributed by atoms with van der Waals surface area (Å²) in [4.78, 5) is 90.8. The number of urea groups is 1. The predicted molar refractivity (Wildman–Crippen MR) is 133 cm³/mol. The number of benzene rings is 1. The van der Waals surface area contributed by atoms with Gasteiger partial charge in [-0.15, -0.1) is 0 Å². The van der Waals surface area contributed by atoms with Crippen molar-refractivity contribution in [2.45, 2.75) is 48.6 Å². The monoisotopic (exact) mass is 598 g/mol. The summed E-state index contributed by atoms with van der Waals surface area (Å²) < 4.78 is 11.5. The molecule has 0 aromatic heterocycles. The Hall–Kier alpha value is -3.34. The molecule has 0 radical (unpaired) electrons. The zero-order valence-electron chi connectivity index (χ0n) is 22.7. The van der Waals surface area contributed by atoms with Crippen molar-refractivity contribution in [1.29, 1.82) is 0 Å². The molecule has 0 spiro atoms. The molecule has 3 fully saturated rings. The number of rotatable bonds is 8. The smallest absolute Gasteiger partial charge is 0.545 e. The maximum atomic E-state index is 13.8. The van der Waals surface area contributed by atoms with Crippen LogP contribution in [0.2, 0.25) is 0 Å². The van der Waals surface area contributed by atoms with Crippen LogP contribution in [-0.2, 0) is 39.6 Å². The van der Waals surface area contributed by atoms with E-state index in [0.29, 0.717) is 9.80 Å². The summed E-state index contributed by atoms with van der Waals surface area (Å²) in [6.45, 7) is 4.39. The summed E-state index contributed by atoms with van der Waals surface area (Å²) in [5, 5.41) is 18.3. The molecule has 1 aromatic rings. The van der Waals surface area contributed by atoms with Gasteiger partial charge in [0.1, 0.15) is 17.5 Å². The van der Waals surface area contributed by atoms with E-state index in [1.807, 2.05) is 0 Å². The van der Waals surface area contributed by atoms with Crippen LogP contribution >= 0.6 is 0 Å². The summed E-state index contributed by atoms with van der Waals surface area (Å²) in [5.74, 6) is -5.96. The second-order valence-corrected chi connectivity index (χ2v) is 11.9. The molecule has 3 heterocycles. The number of piperazine rings is 1. The van der Waals surface area contributed by atoms with Crippen molar-refractivity contribution in [2.24, 2.45) is 0 Å². The number of carboxylic acid groups (broad SMARTS) is 1. The molecule has 5 atom stereocenters. The average Bonchev–Trinajstić information content (AvgIpc) is 3.08. The number of carbonyl (C=O) groups is 7. The van der Waals surface area contributed by atoms with Crippen LogP contribution in [0.25, 0.3) is 0 Å². The minimum absolute atomic E-state index is 0. The molecule has 3 aliphatic heterocycles. The maximum absolute atomic E-state index is 13.8. The van der Waals surface area contributed by atoms with Crippen molar-refractivity contribution in [3.8, 4) is 0 Å². The Labute approximate surface area is 259 Å². The molecule has 0 bridgehead atoms. The molecule has 15 nitrogen and oxygen atoms in total. The Morgan fingerprint density at radius 3 is 2.32 bits per heavy atom. The van der Waals surface area contributed by atoms with Crippen LogP contribution in [-0.4, -0.2) is 102 Å². The summed E-state index contributed by atoms with van der Waals surface area (Å²) in [6.07, 6.45) is 0.217. The zero-order chi connectivity index (χ0) is 29.6. The molecule has 2 unspecified atom stereocenters. The molecule has 3 aliphatic rings. The molecule has 214 valence electrons. The number of amides is 7. The van der Waals surface area contributed by atoms with Gasteiger partial charge >= 0.3 is 47.4 Å². The summed E-state index contributed by atoms with van der Waals surface area (Å²) >= 11 is 0. The Kier molecular flexibility index (Phi) is 9.32. The minimum Gasteiger partial charge on any atom is -0.545 e. The number of nitrogens with zero attached hydrogens (tertiary/aromatic N) is 3. The molecule has 1 aromatic carbocycles. The van der Waals surface area contributed by atoms with Gasteiger partial charge in [0.2, 0.25) is 12.3 Å². The molecule has 4 rings (SSSR count). The van der Waals surface area contributed by atoms with Crippen LogP contribution in [0.4, 0.5) is 4.79 Å². The molecule has 3 N–H and O–H groups in total. The quantitative estimate of drug-likeness (QED) is 0.112. The van der Waals surface area contributed by atoms with E-state index in [0.717, 1.165) is 0 Å². The number of nitrogens with one attached hydrogen (secondary N) is 3. The molecule has 17 heteroatoms. The van der Waals surface area contributed by atoms with E-state index < -0.39 is 74.3 Å². The van der Waals surface area contributed by atoms with Gasteiger partial charge in [0.05, 0.1) is 21.5 Å². The first-order valence-corrected chi connectivity index (χ1v) is 13.5. The number of imide groups is 1. The van der Waals surface area contributed by atoms with E-state index >= 15 is 0 Å². The zero-order valence-corrected chi connectivity index (χ0v) is 25.6. The predicted octanol–water partition coefficient (Wildman–Crippen LogP) is -6.48. The molecular formula is C24H27N6NaO9S. The van der Waals surface area contributed by atoms with Crippen LogP contribution in [0.15, 0.2) is 30.3 Å². The van der Waals surface area contributed by atoms with Gasteiger partial charge in [0.15, 0.2) is 5.66 Å². The summed E-state index contributed by atoms with van der Waals surface area (Å²) in [7, 11) is -2.10.